The van der Waals surface area contributed by atoms with Crippen molar-refractivity contribution in [3.63, 3.8) is 0 Å². The highest BCUT2D eigenvalue weighted by molar-refractivity contribution is 5.85. The highest BCUT2D eigenvalue weighted by Crippen LogP contribution is 2.33. The summed E-state index contributed by atoms with van der Waals surface area (Å²) in [6.45, 7) is 2.33. The second-order valence-electron chi connectivity index (χ2n) is 5.55. The molecule has 1 aromatic rings. The van der Waals surface area contributed by atoms with Crippen LogP contribution in [0.3, 0.4) is 0 Å². The normalized spacial score (nSPS) is 24.7. The molecule has 0 spiro atoms. The Morgan fingerprint density at radius 3 is 2.57 bits per heavy atom. The predicted molar refractivity (Wildman–Crippen MR) is 81.9 cm³/mol. The van der Waals surface area contributed by atoms with E-state index in [1.54, 1.807) is 6.07 Å². The molecule has 6 heteroatoms. The molecule has 3 N–H and O–H groups in total. The van der Waals surface area contributed by atoms with Crippen LogP contribution in [0.1, 0.15) is 19.8 Å². The molecule has 1 fully saturated rings. The minimum absolute atomic E-state index is 0. The van der Waals surface area contributed by atoms with E-state index in [2.05, 4.69) is 5.32 Å². The maximum absolute atomic E-state index is 12.2. The van der Waals surface area contributed by atoms with Crippen LogP contribution in [-0.4, -0.2) is 30.7 Å². The van der Waals surface area contributed by atoms with Gasteiger partial charge in [0, 0.05) is 12.6 Å². The largest absolute Gasteiger partial charge is 0.482 e. The summed E-state index contributed by atoms with van der Waals surface area (Å²) in [6.07, 6.45) is 1.40. The van der Waals surface area contributed by atoms with Crippen LogP contribution in [0.15, 0.2) is 24.3 Å². The van der Waals surface area contributed by atoms with Crippen molar-refractivity contribution in [1.82, 2.24) is 5.32 Å². The van der Waals surface area contributed by atoms with Gasteiger partial charge in [0.05, 0.1) is 0 Å². The average molecular weight is 313 g/mol. The summed E-state index contributed by atoms with van der Waals surface area (Å²) < 4.78 is 11.5. The van der Waals surface area contributed by atoms with Crippen molar-refractivity contribution < 1.29 is 14.3 Å². The van der Waals surface area contributed by atoms with E-state index in [0.29, 0.717) is 24.0 Å². The van der Waals surface area contributed by atoms with Crippen molar-refractivity contribution in [2.45, 2.75) is 38.0 Å². The Kier molecular flexibility index (Phi) is 4.96. The lowest BCUT2D eigenvalue weighted by molar-refractivity contribution is -0.133. The van der Waals surface area contributed by atoms with E-state index in [1.165, 1.54) is 12.8 Å². The molecule has 0 radical (unpaired) electrons. The Morgan fingerprint density at radius 1 is 1.33 bits per heavy atom. The van der Waals surface area contributed by atoms with Crippen molar-refractivity contribution in [3.8, 4) is 11.5 Å². The molecular weight excluding hydrogens is 292 g/mol. The molecule has 5 nitrogen and oxygen atoms in total. The van der Waals surface area contributed by atoms with Gasteiger partial charge >= 0.3 is 0 Å². The fourth-order valence-electron chi connectivity index (χ4n) is 2.42. The van der Waals surface area contributed by atoms with Gasteiger partial charge in [0.1, 0.15) is 6.10 Å². The van der Waals surface area contributed by atoms with Gasteiger partial charge in [-0.25, -0.2) is 0 Å². The third-order valence-electron chi connectivity index (χ3n) is 3.84. The van der Waals surface area contributed by atoms with E-state index >= 15 is 0 Å². The Hall–Kier alpha value is -1.46. The Labute approximate surface area is 130 Å². The molecule has 2 aliphatic rings. The smallest absolute Gasteiger partial charge is 0.265 e. The molecule has 3 unspecified atom stereocenters. The number of hydrogen-bond acceptors (Lipinski definition) is 4. The van der Waals surface area contributed by atoms with Gasteiger partial charge < -0.3 is 20.5 Å². The zero-order valence-corrected chi connectivity index (χ0v) is 12.8. The molecule has 0 aromatic heterocycles. The topological polar surface area (TPSA) is 73.6 Å². The lowest BCUT2D eigenvalue weighted by Crippen LogP contribution is -2.51. The molecule has 1 amide bonds. The van der Waals surface area contributed by atoms with Crippen LogP contribution in [0.2, 0.25) is 0 Å². The van der Waals surface area contributed by atoms with E-state index in [0.717, 1.165) is 0 Å². The number of hydrogen-bond donors (Lipinski definition) is 2. The number of ether oxygens (including phenoxy) is 2. The van der Waals surface area contributed by atoms with Crippen LogP contribution in [0.5, 0.6) is 11.5 Å². The van der Waals surface area contributed by atoms with Crippen LogP contribution in [0.25, 0.3) is 0 Å². The van der Waals surface area contributed by atoms with Crippen molar-refractivity contribution in [3.05, 3.63) is 24.3 Å². The van der Waals surface area contributed by atoms with E-state index < -0.39 is 6.10 Å². The van der Waals surface area contributed by atoms with E-state index in [-0.39, 0.29) is 30.5 Å². The number of fused-ring (bicyclic) bond motifs is 1. The quantitative estimate of drug-likeness (QED) is 0.883. The van der Waals surface area contributed by atoms with E-state index in [4.69, 9.17) is 15.2 Å². The first kappa shape index (κ1) is 15.9. The fraction of sp³-hybridized carbons (Fsp3) is 0.533. The standard InChI is InChI=1S/C15H20N2O3.ClH/c1-9-14(15(18)17-8-11(16)10-6-7-10)20-13-5-3-2-4-12(13)19-9;/h2-5,9-11,14H,6-8,16H2,1H3,(H,17,18);1H. The first-order valence-corrected chi connectivity index (χ1v) is 7.11. The number of carbonyl (C=O) groups is 1. The van der Waals surface area contributed by atoms with Gasteiger partial charge in [-0.1, -0.05) is 12.1 Å². The van der Waals surface area contributed by atoms with Crippen LogP contribution in [0, 0.1) is 5.92 Å². The van der Waals surface area contributed by atoms with Crippen LogP contribution in [0.4, 0.5) is 0 Å². The molecule has 116 valence electrons. The van der Waals surface area contributed by atoms with Gasteiger partial charge in [-0.3, -0.25) is 4.79 Å². The molecule has 3 atom stereocenters. The Balaban J connectivity index is 0.00000161. The number of halogens is 1. The second-order valence-corrected chi connectivity index (χ2v) is 5.55. The van der Waals surface area contributed by atoms with Crippen LogP contribution >= 0.6 is 12.4 Å². The van der Waals surface area contributed by atoms with Gasteiger partial charge in [0.2, 0.25) is 6.10 Å². The highest BCUT2D eigenvalue weighted by atomic mass is 35.5. The molecule has 1 aliphatic carbocycles. The SMILES string of the molecule is CC1Oc2ccccc2OC1C(=O)NCC(N)C1CC1.Cl. The van der Waals surface area contributed by atoms with Crippen molar-refractivity contribution in [1.29, 1.82) is 0 Å². The molecule has 21 heavy (non-hydrogen) atoms. The number of nitrogens with one attached hydrogen (secondary N) is 1. The first-order chi connectivity index (χ1) is 9.65. The number of nitrogens with two attached hydrogens (primary N) is 1. The average Bonchev–Trinajstić information content (AvgIpc) is 3.28. The molecule has 0 saturated heterocycles. The zero-order valence-electron chi connectivity index (χ0n) is 12.0. The summed E-state index contributed by atoms with van der Waals surface area (Å²) in [5.41, 5.74) is 5.98. The minimum Gasteiger partial charge on any atom is -0.482 e. The number of para-hydroxylation sites is 2. The van der Waals surface area contributed by atoms with Crippen molar-refractivity contribution in [2.75, 3.05) is 6.54 Å². The summed E-state index contributed by atoms with van der Waals surface area (Å²) in [5, 5.41) is 2.87. The summed E-state index contributed by atoms with van der Waals surface area (Å²) >= 11 is 0. The summed E-state index contributed by atoms with van der Waals surface area (Å²) in [4.78, 5) is 12.2. The minimum atomic E-state index is -0.628. The van der Waals surface area contributed by atoms with E-state index in [1.807, 2.05) is 25.1 Å². The van der Waals surface area contributed by atoms with Crippen molar-refractivity contribution >= 4 is 18.3 Å². The summed E-state index contributed by atoms with van der Waals surface area (Å²) in [5.74, 6) is 1.69. The van der Waals surface area contributed by atoms with Gasteiger partial charge in [-0.05, 0) is 37.8 Å². The monoisotopic (exact) mass is 312 g/mol. The van der Waals surface area contributed by atoms with Gasteiger partial charge in [-0.2, -0.15) is 0 Å². The zero-order chi connectivity index (χ0) is 14.1. The van der Waals surface area contributed by atoms with Crippen LogP contribution in [-0.2, 0) is 4.79 Å². The van der Waals surface area contributed by atoms with Gasteiger partial charge in [-0.15, -0.1) is 12.4 Å². The molecule has 1 saturated carbocycles. The maximum Gasteiger partial charge on any atom is 0.265 e. The summed E-state index contributed by atoms with van der Waals surface area (Å²) in [7, 11) is 0. The Morgan fingerprint density at radius 2 is 1.95 bits per heavy atom. The molecule has 0 bridgehead atoms. The number of rotatable bonds is 4. The van der Waals surface area contributed by atoms with Crippen LogP contribution < -0.4 is 20.5 Å². The number of carbonyl (C=O) groups excluding carboxylic acids is 1. The van der Waals surface area contributed by atoms with E-state index in [9.17, 15) is 4.79 Å². The fourth-order valence-corrected chi connectivity index (χ4v) is 2.42. The molecule has 1 heterocycles. The lowest BCUT2D eigenvalue weighted by Gasteiger charge is -2.31. The first-order valence-electron chi connectivity index (χ1n) is 7.11. The molecule has 3 rings (SSSR count). The lowest BCUT2D eigenvalue weighted by atomic mass is 10.1. The molecular formula is C15H21ClN2O3. The third kappa shape index (κ3) is 3.60. The maximum atomic E-state index is 12.2. The van der Waals surface area contributed by atoms with Gasteiger partial charge in [0.15, 0.2) is 11.5 Å². The number of amides is 1. The molecule has 1 aromatic carbocycles. The highest BCUT2D eigenvalue weighted by Gasteiger charge is 2.35. The second kappa shape index (κ2) is 6.54. The molecule has 1 aliphatic heterocycles. The summed E-state index contributed by atoms with van der Waals surface area (Å²) in [6, 6.07) is 7.42. The van der Waals surface area contributed by atoms with Gasteiger partial charge in [0.25, 0.3) is 5.91 Å². The number of benzene rings is 1. The Bertz CT molecular complexity index is 507. The predicted octanol–water partition coefficient (Wildman–Crippen LogP) is 1.49. The third-order valence-corrected chi connectivity index (χ3v) is 3.84. The van der Waals surface area contributed by atoms with Crippen molar-refractivity contribution in [2.24, 2.45) is 11.7 Å².